The van der Waals surface area contributed by atoms with Crippen LogP contribution in [0.25, 0.3) is 22.1 Å². The number of rotatable bonds is 6. The minimum Gasteiger partial charge on any atom is -0.451 e. The van der Waals surface area contributed by atoms with Gasteiger partial charge in [-0.05, 0) is 17.7 Å². The molecule has 5 nitrogen and oxygen atoms in total. The molecule has 0 saturated carbocycles. The molecule has 2 heterocycles. The number of aromatic nitrogens is 2. The van der Waals surface area contributed by atoms with Gasteiger partial charge >= 0.3 is 0 Å². The zero-order valence-corrected chi connectivity index (χ0v) is 15.8. The Morgan fingerprint density at radius 2 is 1.85 bits per heavy atom. The van der Waals surface area contributed by atoms with E-state index in [1.807, 2.05) is 61.5 Å². The molecule has 4 aromatic rings. The molecule has 0 saturated heterocycles. The molecule has 0 fully saturated rings. The Bertz CT molecular complexity index is 1090. The van der Waals surface area contributed by atoms with Crippen LogP contribution in [0.1, 0.15) is 18.3 Å². The molecule has 0 atom stereocenters. The number of hydrogen-bond acceptors (Lipinski definition) is 5. The van der Waals surface area contributed by atoms with Crippen molar-refractivity contribution in [2.24, 2.45) is 0 Å². The van der Waals surface area contributed by atoms with Crippen molar-refractivity contribution < 1.29 is 9.21 Å². The molecular formula is C21H19N3O2S. The Hall–Kier alpha value is -2.86. The summed E-state index contributed by atoms with van der Waals surface area (Å²) in [5.74, 6) is 0.991. The number of furan rings is 1. The summed E-state index contributed by atoms with van der Waals surface area (Å²) in [6, 6.07) is 17.7. The SMILES string of the molecule is CCc1nc(SCC(=O)NCc2ccccc2)c2oc3ccccc3c2n1. The van der Waals surface area contributed by atoms with Crippen LogP contribution in [-0.2, 0) is 17.8 Å². The Morgan fingerprint density at radius 3 is 2.67 bits per heavy atom. The second-order valence-electron chi connectivity index (χ2n) is 6.13. The largest absolute Gasteiger partial charge is 0.451 e. The molecule has 6 heteroatoms. The van der Waals surface area contributed by atoms with Gasteiger partial charge in [-0.25, -0.2) is 9.97 Å². The van der Waals surface area contributed by atoms with Gasteiger partial charge in [0.2, 0.25) is 5.91 Å². The number of para-hydroxylation sites is 1. The zero-order valence-electron chi connectivity index (χ0n) is 14.9. The first kappa shape index (κ1) is 17.5. The topological polar surface area (TPSA) is 68.0 Å². The number of nitrogens with one attached hydrogen (secondary N) is 1. The van der Waals surface area contributed by atoms with Crippen molar-refractivity contribution in [3.8, 4) is 0 Å². The molecule has 1 N–H and O–H groups in total. The lowest BCUT2D eigenvalue weighted by Gasteiger charge is -2.06. The van der Waals surface area contributed by atoms with Gasteiger partial charge in [0.15, 0.2) is 5.58 Å². The second-order valence-corrected chi connectivity index (χ2v) is 7.09. The molecule has 2 aromatic carbocycles. The van der Waals surface area contributed by atoms with E-state index in [0.29, 0.717) is 17.2 Å². The van der Waals surface area contributed by atoms with Crippen molar-refractivity contribution in [3.05, 3.63) is 66.0 Å². The van der Waals surface area contributed by atoms with E-state index in [1.54, 1.807) is 0 Å². The Kier molecular flexibility index (Phi) is 5.07. The smallest absolute Gasteiger partial charge is 0.230 e. The standard InChI is InChI=1S/C21H19N3O2S/c1-2-17-23-19-15-10-6-7-11-16(15)26-20(19)21(24-17)27-13-18(25)22-12-14-8-4-3-5-9-14/h3-11H,2,12-13H2,1H3,(H,22,25). The van der Waals surface area contributed by atoms with Gasteiger partial charge in [0.25, 0.3) is 0 Å². The van der Waals surface area contributed by atoms with E-state index in [2.05, 4.69) is 15.3 Å². The lowest BCUT2D eigenvalue weighted by Crippen LogP contribution is -2.24. The number of carbonyl (C=O) groups is 1. The normalized spacial score (nSPS) is 11.1. The van der Waals surface area contributed by atoms with Gasteiger partial charge in [-0.3, -0.25) is 4.79 Å². The maximum Gasteiger partial charge on any atom is 0.230 e. The van der Waals surface area contributed by atoms with E-state index >= 15 is 0 Å². The summed E-state index contributed by atoms with van der Waals surface area (Å²) in [4.78, 5) is 21.5. The van der Waals surface area contributed by atoms with Gasteiger partial charge in [-0.1, -0.05) is 61.2 Å². The lowest BCUT2D eigenvalue weighted by atomic mass is 10.2. The fourth-order valence-corrected chi connectivity index (χ4v) is 3.66. The average molecular weight is 377 g/mol. The van der Waals surface area contributed by atoms with Gasteiger partial charge < -0.3 is 9.73 Å². The fraction of sp³-hybridized carbons (Fsp3) is 0.190. The van der Waals surface area contributed by atoms with Crippen molar-refractivity contribution in [2.45, 2.75) is 24.9 Å². The number of hydrogen-bond donors (Lipinski definition) is 1. The number of fused-ring (bicyclic) bond motifs is 3. The number of thioether (sulfide) groups is 1. The minimum atomic E-state index is -0.0372. The van der Waals surface area contributed by atoms with Crippen LogP contribution in [0.15, 0.2) is 64.0 Å². The fourth-order valence-electron chi connectivity index (χ4n) is 2.85. The van der Waals surface area contributed by atoms with Crippen molar-refractivity contribution in [3.63, 3.8) is 0 Å². The summed E-state index contributed by atoms with van der Waals surface area (Å²) in [5, 5.41) is 4.62. The van der Waals surface area contributed by atoms with Crippen molar-refractivity contribution in [2.75, 3.05) is 5.75 Å². The van der Waals surface area contributed by atoms with Gasteiger partial charge in [-0.2, -0.15) is 0 Å². The minimum absolute atomic E-state index is 0.0372. The second kappa shape index (κ2) is 7.80. The van der Waals surface area contributed by atoms with Crippen molar-refractivity contribution in [1.82, 2.24) is 15.3 Å². The number of amides is 1. The quantitative estimate of drug-likeness (QED) is 0.400. The summed E-state index contributed by atoms with van der Waals surface area (Å²) < 4.78 is 5.97. The van der Waals surface area contributed by atoms with Crippen molar-refractivity contribution in [1.29, 1.82) is 0 Å². The van der Waals surface area contributed by atoms with Crippen LogP contribution in [0.4, 0.5) is 0 Å². The Labute approximate surface area is 161 Å². The van der Waals surface area contributed by atoms with Crippen LogP contribution in [0, 0.1) is 0 Å². The van der Waals surface area contributed by atoms with Gasteiger partial charge in [-0.15, -0.1) is 0 Å². The molecular weight excluding hydrogens is 358 g/mol. The predicted molar refractivity (Wildman–Crippen MR) is 108 cm³/mol. The Balaban J connectivity index is 1.53. The maximum absolute atomic E-state index is 12.2. The summed E-state index contributed by atoms with van der Waals surface area (Å²) in [6.07, 6.45) is 0.725. The molecule has 0 radical (unpaired) electrons. The summed E-state index contributed by atoms with van der Waals surface area (Å²) in [7, 11) is 0. The highest BCUT2D eigenvalue weighted by molar-refractivity contribution is 8.00. The first-order valence-corrected chi connectivity index (χ1v) is 9.84. The number of carbonyl (C=O) groups excluding carboxylic acids is 1. The maximum atomic E-state index is 12.2. The van der Waals surface area contributed by atoms with Crippen molar-refractivity contribution >= 4 is 39.7 Å². The van der Waals surface area contributed by atoms with Crippen LogP contribution in [0.3, 0.4) is 0 Å². The average Bonchev–Trinajstić information content (AvgIpc) is 3.10. The lowest BCUT2D eigenvalue weighted by molar-refractivity contribution is -0.118. The summed E-state index contributed by atoms with van der Waals surface area (Å²) in [5.41, 5.74) is 3.31. The highest BCUT2D eigenvalue weighted by Gasteiger charge is 2.16. The van der Waals surface area contributed by atoms with E-state index in [0.717, 1.165) is 34.3 Å². The third-order valence-corrected chi connectivity index (χ3v) is 5.18. The van der Waals surface area contributed by atoms with Gasteiger partial charge in [0.1, 0.15) is 22.0 Å². The van der Waals surface area contributed by atoms with E-state index in [1.165, 1.54) is 11.8 Å². The summed E-state index contributed by atoms with van der Waals surface area (Å²) >= 11 is 1.38. The van der Waals surface area contributed by atoms with Crippen LogP contribution in [-0.4, -0.2) is 21.6 Å². The molecule has 27 heavy (non-hydrogen) atoms. The molecule has 136 valence electrons. The molecule has 0 aliphatic rings. The number of nitrogens with zero attached hydrogens (tertiary/aromatic N) is 2. The first-order valence-electron chi connectivity index (χ1n) is 8.86. The highest BCUT2D eigenvalue weighted by Crippen LogP contribution is 2.33. The third-order valence-electron chi connectivity index (χ3n) is 4.22. The van der Waals surface area contributed by atoms with E-state index in [9.17, 15) is 4.79 Å². The van der Waals surface area contributed by atoms with Gasteiger partial charge in [0.05, 0.1) is 5.75 Å². The molecule has 2 aromatic heterocycles. The highest BCUT2D eigenvalue weighted by atomic mass is 32.2. The molecule has 0 unspecified atom stereocenters. The van der Waals surface area contributed by atoms with Crippen LogP contribution >= 0.6 is 11.8 Å². The van der Waals surface area contributed by atoms with Crippen LogP contribution < -0.4 is 5.32 Å². The van der Waals surface area contributed by atoms with Crippen LogP contribution in [0.5, 0.6) is 0 Å². The molecule has 0 bridgehead atoms. The molecule has 1 amide bonds. The summed E-state index contributed by atoms with van der Waals surface area (Å²) in [6.45, 7) is 2.54. The molecule has 4 rings (SSSR count). The number of aryl methyl sites for hydroxylation is 1. The molecule has 0 aliphatic carbocycles. The zero-order chi connectivity index (χ0) is 18.6. The molecule has 0 aliphatic heterocycles. The number of benzene rings is 2. The first-order chi connectivity index (χ1) is 13.2. The monoisotopic (exact) mass is 377 g/mol. The van der Waals surface area contributed by atoms with Gasteiger partial charge in [0, 0.05) is 18.4 Å². The Morgan fingerprint density at radius 1 is 1.07 bits per heavy atom. The van der Waals surface area contributed by atoms with E-state index < -0.39 is 0 Å². The van der Waals surface area contributed by atoms with Crippen LogP contribution in [0.2, 0.25) is 0 Å². The third kappa shape index (κ3) is 3.80. The molecule has 0 spiro atoms. The van der Waals surface area contributed by atoms with E-state index in [4.69, 9.17) is 4.42 Å². The predicted octanol–water partition coefficient (Wildman–Crippen LogP) is 4.35. The van der Waals surface area contributed by atoms with E-state index in [-0.39, 0.29) is 11.7 Å².